The second-order valence-corrected chi connectivity index (χ2v) is 11.1. The molecule has 0 aromatic heterocycles. The minimum atomic E-state index is -1.57. The highest BCUT2D eigenvalue weighted by molar-refractivity contribution is 5.69. The molecule has 5 N–H and O–H groups in total. The second-order valence-electron chi connectivity index (χ2n) is 11.1. The maximum absolute atomic E-state index is 12.3. The molecule has 0 radical (unpaired) electrons. The number of ether oxygens (including phenoxy) is 4. The van der Waals surface area contributed by atoms with Gasteiger partial charge in [-0.25, -0.2) is 0 Å². The topological polar surface area (TPSA) is 155 Å². The summed E-state index contributed by atoms with van der Waals surface area (Å²) >= 11 is 0. The molecule has 1 saturated heterocycles. The van der Waals surface area contributed by atoms with Gasteiger partial charge in [0.1, 0.15) is 37.1 Å². The molecule has 40 heavy (non-hydrogen) atoms. The number of rotatable bonds is 25. The molecule has 1 aliphatic rings. The smallest absolute Gasteiger partial charge is 0.305 e. The van der Waals surface area contributed by atoms with E-state index in [1.165, 1.54) is 57.8 Å². The Morgan fingerprint density at radius 2 is 1.30 bits per heavy atom. The molecule has 0 bridgehead atoms. The van der Waals surface area contributed by atoms with E-state index in [1.54, 1.807) is 0 Å². The molecule has 0 aromatic rings. The van der Waals surface area contributed by atoms with E-state index in [-0.39, 0.29) is 19.2 Å². The molecular weight excluding hydrogens is 520 g/mol. The Bertz CT molecular complexity index is 605. The minimum Gasteiger partial charge on any atom is -0.463 e. The summed E-state index contributed by atoms with van der Waals surface area (Å²) in [5.74, 6) is -0.353. The number of carbonyl (C=O) groups excluding carboxylic acids is 1. The third-order valence-electron chi connectivity index (χ3n) is 7.36. The number of unbranched alkanes of at least 4 members (excludes halogenated alkanes) is 13. The van der Waals surface area contributed by atoms with Crippen LogP contribution in [0.4, 0.5) is 0 Å². The molecule has 0 amide bonds. The maximum Gasteiger partial charge on any atom is 0.305 e. The predicted molar refractivity (Wildman–Crippen MR) is 151 cm³/mol. The van der Waals surface area contributed by atoms with E-state index in [0.717, 1.165) is 38.5 Å². The molecule has 1 fully saturated rings. The van der Waals surface area contributed by atoms with Crippen LogP contribution in [0.1, 0.15) is 123 Å². The number of esters is 1. The molecule has 1 rings (SSSR count). The maximum atomic E-state index is 12.3. The SMILES string of the molecule is CCCCCCCCCCC(=O)OC[C@H](CO[C@@H]1O[C@H](CO)[C@H](O)[C@H](O)[C@H]1O)OC(O)CCCCCCCCC. The summed E-state index contributed by atoms with van der Waals surface area (Å²) in [6.07, 6.45) is 8.45. The van der Waals surface area contributed by atoms with Gasteiger partial charge in [0.05, 0.1) is 13.2 Å². The van der Waals surface area contributed by atoms with Crippen LogP contribution < -0.4 is 0 Å². The predicted octanol–water partition coefficient (Wildman–Crippen LogP) is 3.72. The lowest BCUT2D eigenvalue weighted by molar-refractivity contribution is -0.308. The van der Waals surface area contributed by atoms with Crippen molar-refractivity contribution in [1.29, 1.82) is 0 Å². The molecule has 0 aromatic carbocycles. The minimum absolute atomic E-state index is 0.151. The number of aliphatic hydroxyl groups excluding tert-OH is 5. The van der Waals surface area contributed by atoms with Gasteiger partial charge in [-0.1, -0.05) is 97.3 Å². The Kier molecular flexibility index (Phi) is 22.0. The van der Waals surface area contributed by atoms with Gasteiger partial charge in [0.25, 0.3) is 0 Å². The van der Waals surface area contributed by atoms with Crippen LogP contribution in [0.25, 0.3) is 0 Å². The lowest BCUT2D eigenvalue weighted by Crippen LogP contribution is -2.59. The van der Waals surface area contributed by atoms with Gasteiger partial charge in [-0.2, -0.15) is 0 Å². The molecule has 10 heteroatoms. The number of hydrogen-bond donors (Lipinski definition) is 5. The average molecular weight is 579 g/mol. The van der Waals surface area contributed by atoms with E-state index >= 15 is 0 Å². The van der Waals surface area contributed by atoms with Crippen LogP contribution in [0, 0.1) is 0 Å². The van der Waals surface area contributed by atoms with Crippen LogP contribution in [0.2, 0.25) is 0 Å². The molecule has 0 spiro atoms. The first kappa shape index (κ1) is 37.2. The summed E-state index contributed by atoms with van der Waals surface area (Å²) in [5, 5.41) is 50.0. The summed E-state index contributed by atoms with van der Waals surface area (Å²) in [5.41, 5.74) is 0. The zero-order valence-electron chi connectivity index (χ0n) is 25.0. The van der Waals surface area contributed by atoms with Gasteiger partial charge in [-0.05, 0) is 19.3 Å². The van der Waals surface area contributed by atoms with E-state index in [0.29, 0.717) is 12.8 Å². The lowest BCUT2D eigenvalue weighted by Gasteiger charge is -2.40. The van der Waals surface area contributed by atoms with Gasteiger partial charge in [0.2, 0.25) is 0 Å². The van der Waals surface area contributed by atoms with Crippen molar-refractivity contribution in [3.63, 3.8) is 0 Å². The van der Waals surface area contributed by atoms with Crippen LogP contribution in [-0.2, 0) is 23.7 Å². The number of aliphatic hydroxyl groups is 5. The molecule has 0 saturated carbocycles. The fraction of sp³-hybridized carbons (Fsp3) is 0.967. The van der Waals surface area contributed by atoms with Crippen molar-refractivity contribution in [2.45, 2.75) is 166 Å². The van der Waals surface area contributed by atoms with Crippen LogP contribution in [0.15, 0.2) is 0 Å². The molecule has 1 heterocycles. The third kappa shape index (κ3) is 16.6. The van der Waals surface area contributed by atoms with Gasteiger partial charge in [0.15, 0.2) is 12.6 Å². The van der Waals surface area contributed by atoms with E-state index in [2.05, 4.69) is 13.8 Å². The lowest BCUT2D eigenvalue weighted by atomic mass is 9.99. The third-order valence-corrected chi connectivity index (χ3v) is 7.36. The van der Waals surface area contributed by atoms with Crippen LogP contribution in [0.3, 0.4) is 0 Å². The molecule has 0 aliphatic carbocycles. The summed E-state index contributed by atoms with van der Waals surface area (Å²) in [6.45, 7) is 3.44. The van der Waals surface area contributed by atoms with Crippen LogP contribution in [-0.4, -0.2) is 94.4 Å². The normalized spacial score (nSPS) is 24.6. The Balaban J connectivity index is 2.50. The fourth-order valence-electron chi connectivity index (χ4n) is 4.76. The van der Waals surface area contributed by atoms with E-state index < -0.39 is 49.7 Å². The Hall–Kier alpha value is -0.850. The summed E-state index contributed by atoms with van der Waals surface area (Å²) in [4.78, 5) is 12.3. The molecule has 1 aliphatic heterocycles. The van der Waals surface area contributed by atoms with Gasteiger partial charge in [-0.15, -0.1) is 0 Å². The molecule has 7 atom stereocenters. The zero-order chi connectivity index (χ0) is 29.6. The monoisotopic (exact) mass is 578 g/mol. The highest BCUT2D eigenvalue weighted by Gasteiger charge is 2.44. The van der Waals surface area contributed by atoms with Gasteiger partial charge < -0.3 is 44.5 Å². The van der Waals surface area contributed by atoms with Crippen molar-refractivity contribution in [3.8, 4) is 0 Å². The van der Waals surface area contributed by atoms with Gasteiger partial charge >= 0.3 is 5.97 Å². The summed E-state index contributed by atoms with van der Waals surface area (Å²) in [7, 11) is 0. The van der Waals surface area contributed by atoms with Crippen molar-refractivity contribution in [2.24, 2.45) is 0 Å². The number of carbonyl (C=O) groups is 1. The first-order valence-corrected chi connectivity index (χ1v) is 15.7. The van der Waals surface area contributed by atoms with Gasteiger partial charge in [-0.3, -0.25) is 4.79 Å². The van der Waals surface area contributed by atoms with Crippen molar-refractivity contribution in [1.82, 2.24) is 0 Å². The van der Waals surface area contributed by atoms with Crippen molar-refractivity contribution < 1.29 is 49.3 Å². The highest BCUT2D eigenvalue weighted by atomic mass is 16.7. The highest BCUT2D eigenvalue weighted by Crippen LogP contribution is 2.22. The van der Waals surface area contributed by atoms with Gasteiger partial charge in [0, 0.05) is 6.42 Å². The van der Waals surface area contributed by atoms with Crippen LogP contribution in [0.5, 0.6) is 0 Å². The van der Waals surface area contributed by atoms with E-state index in [1.807, 2.05) is 0 Å². The summed E-state index contributed by atoms with van der Waals surface area (Å²) in [6, 6.07) is 0. The van der Waals surface area contributed by atoms with Crippen LogP contribution >= 0.6 is 0 Å². The van der Waals surface area contributed by atoms with Crippen molar-refractivity contribution in [3.05, 3.63) is 0 Å². The largest absolute Gasteiger partial charge is 0.463 e. The first-order chi connectivity index (χ1) is 19.3. The average Bonchev–Trinajstić information content (AvgIpc) is 2.95. The number of hydrogen-bond acceptors (Lipinski definition) is 10. The Labute approximate surface area is 241 Å². The van der Waals surface area contributed by atoms with E-state index in [4.69, 9.17) is 18.9 Å². The zero-order valence-corrected chi connectivity index (χ0v) is 25.0. The van der Waals surface area contributed by atoms with E-state index in [9.17, 15) is 30.3 Å². The van der Waals surface area contributed by atoms with Crippen molar-refractivity contribution in [2.75, 3.05) is 19.8 Å². The molecular formula is C30H58O10. The summed E-state index contributed by atoms with van der Waals surface area (Å²) < 4.78 is 22.1. The van der Waals surface area contributed by atoms with Crippen molar-refractivity contribution >= 4 is 5.97 Å². The fourth-order valence-corrected chi connectivity index (χ4v) is 4.76. The molecule has 1 unspecified atom stereocenters. The molecule has 10 nitrogen and oxygen atoms in total. The Morgan fingerprint density at radius 3 is 1.88 bits per heavy atom. The quantitative estimate of drug-likeness (QED) is 0.0615. The molecule has 238 valence electrons. The standard InChI is InChI=1S/C30H58O10/c1-3-5-7-9-11-13-14-16-18-25(32)37-21-23(39-26(33)19-17-15-12-10-8-6-4-2)22-38-30-29(36)28(35)27(34)24(20-31)40-30/h23-24,26-31,33-36H,3-22H2,1-2H3/t23-,24-,26?,27+,28+,29-,30-/m1/s1. The Morgan fingerprint density at radius 1 is 0.750 bits per heavy atom. The first-order valence-electron chi connectivity index (χ1n) is 15.7. The second kappa shape index (κ2) is 23.7.